The van der Waals surface area contributed by atoms with Gasteiger partial charge in [-0.3, -0.25) is 24.5 Å². The average Bonchev–Trinajstić information content (AvgIpc) is 3.51. The first kappa shape index (κ1) is 33.7. The molecule has 2 heterocycles. The van der Waals surface area contributed by atoms with Crippen molar-refractivity contribution >= 4 is 47.5 Å². The van der Waals surface area contributed by atoms with Crippen molar-refractivity contribution in [1.82, 2.24) is 26.6 Å². The maximum Gasteiger partial charge on any atom is 0.315 e. The third-order valence-electron chi connectivity index (χ3n) is 7.48. The number of nitrogens with one attached hydrogen (secondary N) is 5. The fourth-order valence-electron chi connectivity index (χ4n) is 5.08. The fraction of sp³-hybridized carbons (Fsp3) is 0.607. The highest BCUT2D eigenvalue weighted by molar-refractivity contribution is 8.00. The van der Waals surface area contributed by atoms with Gasteiger partial charge in [-0.1, -0.05) is 20.3 Å². The van der Waals surface area contributed by atoms with E-state index in [0.29, 0.717) is 43.8 Å². The molecule has 43 heavy (non-hydrogen) atoms. The molecule has 0 aromatic heterocycles. The lowest BCUT2D eigenvalue weighted by atomic mass is 10.0. The van der Waals surface area contributed by atoms with Gasteiger partial charge in [-0.25, -0.2) is 4.79 Å². The van der Waals surface area contributed by atoms with Gasteiger partial charge in [0.15, 0.2) is 0 Å². The van der Waals surface area contributed by atoms with Gasteiger partial charge in [0.2, 0.25) is 17.6 Å². The van der Waals surface area contributed by atoms with Crippen LogP contribution in [0.3, 0.4) is 0 Å². The number of halogens is 1. The van der Waals surface area contributed by atoms with Crippen LogP contribution < -0.4 is 26.6 Å². The van der Waals surface area contributed by atoms with Gasteiger partial charge in [-0.2, -0.15) is 16.2 Å². The average molecular weight is 623 g/mol. The Bertz CT molecular complexity index is 1200. The van der Waals surface area contributed by atoms with Gasteiger partial charge in [-0.05, 0) is 50.2 Å². The highest BCUT2D eigenvalue weighted by atomic mass is 32.2. The summed E-state index contributed by atoms with van der Waals surface area (Å²) in [7, 11) is 0. The van der Waals surface area contributed by atoms with Gasteiger partial charge in [0.25, 0.3) is 5.91 Å². The van der Waals surface area contributed by atoms with E-state index in [1.807, 2.05) is 11.8 Å². The molecule has 2 saturated heterocycles. The van der Waals surface area contributed by atoms with Crippen molar-refractivity contribution in [2.24, 2.45) is 5.92 Å². The van der Waals surface area contributed by atoms with Crippen LogP contribution in [0.15, 0.2) is 18.2 Å². The summed E-state index contributed by atoms with van der Waals surface area (Å²) in [6.45, 7) is 3.81. The van der Waals surface area contributed by atoms with Crippen molar-refractivity contribution in [2.75, 3.05) is 12.3 Å². The van der Waals surface area contributed by atoms with E-state index >= 15 is 0 Å². The molecule has 0 aliphatic carbocycles. The summed E-state index contributed by atoms with van der Waals surface area (Å²) < 4.78 is 13.6. The number of fused-ring (bicyclic) bond motifs is 1. The number of urea groups is 1. The van der Waals surface area contributed by atoms with Crippen LogP contribution in [0.5, 0.6) is 0 Å². The highest BCUT2D eigenvalue weighted by Gasteiger charge is 2.42. The Hall–Kier alpha value is -3.75. The Morgan fingerprint density at radius 3 is 2.63 bits per heavy atom. The van der Waals surface area contributed by atoms with E-state index in [1.54, 1.807) is 13.8 Å². The molecule has 5 N–H and O–H groups in total. The molecule has 1 aromatic carbocycles. The summed E-state index contributed by atoms with van der Waals surface area (Å²) in [6, 6.07) is 1.09. The number of nitrogens with zero attached hydrogens (tertiary/aromatic N) is 1. The van der Waals surface area contributed by atoms with Crippen LogP contribution in [0.2, 0.25) is 0 Å². The number of benzene rings is 1. The molecule has 2 aliphatic heterocycles. The van der Waals surface area contributed by atoms with Crippen molar-refractivity contribution in [3.63, 3.8) is 0 Å². The number of rotatable bonds is 17. The molecule has 2 fully saturated rings. The molecule has 0 radical (unpaired) electrons. The van der Waals surface area contributed by atoms with Gasteiger partial charge in [0.1, 0.15) is 12.3 Å². The lowest BCUT2D eigenvalue weighted by molar-refractivity contribution is -0.387. The minimum atomic E-state index is -1.08. The summed E-state index contributed by atoms with van der Waals surface area (Å²) in [4.78, 5) is 70.8. The Morgan fingerprint density at radius 1 is 1.16 bits per heavy atom. The SMILES string of the molecule is CC(C)[C@H](NC(=O)c1ccc(F)c([N+](=O)[O-])c1)C(=O)N[C@H](C=O)CCCCNC(=O)CCCC[C@@H]1SC[C@@H]2NC(=O)N[C@@H]21. The number of amides is 5. The summed E-state index contributed by atoms with van der Waals surface area (Å²) in [5, 5.41) is 25.2. The van der Waals surface area contributed by atoms with Gasteiger partial charge in [0.05, 0.1) is 23.0 Å². The van der Waals surface area contributed by atoms with Crippen LogP contribution in [0.4, 0.5) is 14.9 Å². The Kier molecular flexibility index (Phi) is 12.7. The van der Waals surface area contributed by atoms with Crippen LogP contribution in [-0.2, 0) is 14.4 Å². The molecule has 3 rings (SSSR count). The predicted octanol–water partition coefficient (Wildman–Crippen LogP) is 2.18. The first-order valence-electron chi connectivity index (χ1n) is 14.5. The van der Waals surface area contributed by atoms with Crippen LogP contribution in [0.1, 0.15) is 69.2 Å². The molecule has 0 bridgehead atoms. The van der Waals surface area contributed by atoms with Crippen LogP contribution in [0.25, 0.3) is 0 Å². The zero-order chi connectivity index (χ0) is 31.5. The van der Waals surface area contributed by atoms with Gasteiger partial charge >= 0.3 is 11.7 Å². The first-order valence-corrected chi connectivity index (χ1v) is 15.5. The van der Waals surface area contributed by atoms with Crippen molar-refractivity contribution in [1.29, 1.82) is 0 Å². The van der Waals surface area contributed by atoms with Gasteiger partial charge < -0.3 is 31.4 Å². The third kappa shape index (κ3) is 9.90. The normalized spacial score (nSPS) is 20.4. The topological polar surface area (TPSA) is 189 Å². The van der Waals surface area contributed by atoms with E-state index in [2.05, 4.69) is 26.6 Å². The minimum absolute atomic E-state index is 0.0463. The predicted molar refractivity (Wildman–Crippen MR) is 158 cm³/mol. The van der Waals surface area contributed by atoms with Crippen molar-refractivity contribution < 1.29 is 33.3 Å². The van der Waals surface area contributed by atoms with Crippen LogP contribution in [0, 0.1) is 21.8 Å². The molecule has 13 nitrogen and oxygen atoms in total. The standard InChI is InChI=1S/C28H39FN6O7S/c1-16(2)24(33-26(38)17-10-11-19(29)21(13-17)35(41)42)27(39)31-18(14-36)7-5-6-12-30-23(37)9-4-3-8-22-25-20(15-43-22)32-28(40)34-25/h10-11,13-14,16,18,20,22,24-25H,3-9,12,15H2,1-2H3,(H,30,37)(H,31,39)(H,33,38)(H2,32,34,40)/t18-,20-,22-,24-,25-/m0/s1. The number of aldehydes is 1. The Balaban J connectivity index is 1.32. The second-order valence-electron chi connectivity index (χ2n) is 11.1. The van der Waals surface area contributed by atoms with E-state index < -0.39 is 40.3 Å². The molecule has 5 atom stereocenters. The minimum Gasteiger partial charge on any atom is -0.356 e. The number of nitro benzene ring substituents is 1. The molecule has 15 heteroatoms. The zero-order valence-corrected chi connectivity index (χ0v) is 25.0. The van der Waals surface area contributed by atoms with E-state index in [9.17, 15) is 38.5 Å². The van der Waals surface area contributed by atoms with E-state index in [-0.39, 0.29) is 35.5 Å². The smallest absolute Gasteiger partial charge is 0.315 e. The molecule has 0 spiro atoms. The number of unbranched alkanes of at least 4 members (excludes halogenated alkanes) is 2. The highest BCUT2D eigenvalue weighted by Crippen LogP contribution is 2.33. The van der Waals surface area contributed by atoms with E-state index in [4.69, 9.17) is 0 Å². The molecular formula is C28H39FN6O7S. The van der Waals surface area contributed by atoms with Crippen LogP contribution in [-0.4, -0.2) is 76.7 Å². The number of thioether (sulfide) groups is 1. The number of nitro groups is 1. The molecular weight excluding hydrogens is 583 g/mol. The maximum absolute atomic E-state index is 13.6. The Morgan fingerprint density at radius 2 is 1.93 bits per heavy atom. The molecule has 2 aliphatic rings. The third-order valence-corrected chi connectivity index (χ3v) is 8.99. The van der Waals surface area contributed by atoms with Crippen molar-refractivity contribution in [3.05, 3.63) is 39.7 Å². The second kappa shape index (κ2) is 16.2. The Labute approximate surface area is 253 Å². The summed E-state index contributed by atoms with van der Waals surface area (Å²) >= 11 is 1.85. The second-order valence-corrected chi connectivity index (χ2v) is 12.4. The van der Waals surface area contributed by atoms with Crippen LogP contribution >= 0.6 is 11.8 Å². The number of hydrogen-bond donors (Lipinski definition) is 5. The molecule has 5 amide bonds. The lowest BCUT2D eigenvalue weighted by Crippen LogP contribution is -2.52. The largest absolute Gasteiger partial charge is 0.356 e. The number of carbonyl (C=O) groups is 5. The summed E-state index contributed by atoms with van der Waals surface area (Å²) in [6.07, 6.45) is 5.11. The molecule has 0 saturated carbocycles. The van der Waals surface area contributed by atoms with Gasteiger partial charge in [0, 0.05) is 35.6 Å². The number of hydrogen-bond acceptors (Lipinski definition) is 8. The fourth-order valence-corrected chi connectivity index (χ4v) is 6.62. The lowest BCUT2D eigenvalue weighted by Gasteiger charge is -2.23. The molecule has 236 valence electrons. The van der Waals surface area contributed by atoms with Crippen molar-refractivity contribution in [3.8, 4) is 0 Å². The summed E-state index contributed by atoms with van der Waals surface area (Å²) in [5.41, 5.74) is -1.03. The molecule has 0 unspecified atom stereocenters. The zero-order valence-electron chi connectivity index (χ0n) is 24.2. The van der Waals surface area contributed by atoms with E-state index in [0.717, 1.165) is 43.2 Å². The van der Waals surface area contributed by atoms with Gasteiger partial charge in [-0.15, -0.1) is 0 Å². The van der Waals surface area contributed by atoms with E-state index in [1.165, 1.54) is 0 Å². The number of carbonyl (C=O) groups excluding carboxylic acids is 5. The molecule has 1 aromatic rings. The monoisotopic (exact) mass is 622 g/mol. The quantitative estimate of drug-likeness (QED) is 0.0575. The first-order chi connectivity index (χ1) is 20.5. The summed E-state index contributed by atoms with van der Waals surface area (Å²) in [5.74, 6) is -1.99. The maximum atomic E-state index is 13.6. The van der Waals surface area contributed by atoms with Crippen molar-refractivity contribution in [2.45, 2.75) is 88.2 Å².